The highest BCUT2D eigenvalue weighted by Crippen LogP contribution is 2.38. The van der Waals surface area contributed by atoms with Crippen LogP contribution in [0.3, 0.4) is 0 Å². The van der Waals surface area contributed by atoms with Gasteiger partial charge in [-0.05, 0) is 67.6 Å². The molecule has 1 aliphatic carbocycles. The van der Waals surface area contributed by atoms with Gasteiger partial charge in [-0.25, -0.2) is 28.4 Å². The second kappa shape index (κ2) is 11.6. The van der Waals surface area contributed by atoms with Crippen molar-refractivity contribution in [1.29, 1.82) is 0 Å². The predicted octanol–water partition coefficient (Wildman–Crippen LogP) is 4.75. The van der Waals surface area contributed by atoms with Crippen molar-refractivity contribution < 1.29 is 18.3 Å². The lowest BCUT2D eigenvalue weighted by Gasteiger charge is -2.33. The van der Waals surface area contributed by atoms with E-state index in [2.05, 4.69) is 25.3 Å². The number of hydrogen-bond acceptors (Lipinski definition) is 7. The lowest BCUT2D eigenvalue weighted by molar-refractivity contribution is 0.0606. The fourth-order valence-corrected chi connectivity index (χ4v) is 6.55. The number of methoxy groups -OCH3 is 1. The quantitative estimate of drug-likeness (QED) is 0.256. The molecule has 6 heterocycles. The monoisotopic (exact) mass is 637 g/mol. The standard InChI is InChI=1S/C34H33F2N9O2/c1-47-29-11-23(34(46)42-18-25(36)12-26(37)19-42)9-27-31(29)44(16-21-13-40-45(17-21)30-7-6-24(35)14-39-30)33(41-27)28-10-22-3-2-8-38-32(22)43(28)15-20-4-5-20/h2-3,6-11,13-14,17,20,25-26H,4-5,12,15-16,18-19,37H2,1H3/t25-,26?/m1/s1. The summed E-state index contributed by atoms with van der Waals surface area (Å²) in [5.74, 6) is 1.44. The number of nitrogens with two attached hydrogens (primary N) is 1. The van der Waals surface area contributed by atoms with Crippen molar-refractivity contribution in [2.75, 3.05) is 20.2 Å². The van der Waals surface area contributed by atoms with Crippen molar-refractivity contribution >= 4 is 28.0 Å². The van der Waals surface area contributed by atoms with Gasteiger partial charge in [0, 0.05) is 48.0 Å². The van der Waals surface area contributed by atoms with Crippen LogP contribution < -0.4 is 10.5 Å². The SMILES string of the molecule is COc1cc(C(=O)N2CC(N)C[C@@H](F)C2)cc2nc(-c3cc4cccnc4n3CC3CC3)n(Cc3cnn(-c4ccc(F)cn4)c3)c12. The third-order valence-corrected chi connectivity index (χ3v) is 8.94. The van der Waals surface area contributed by atoms with E-state index in [9.17, 15) is 13.6 Å². The molecule has 1 unspecified atom stereocenters. The van der Waals surface area contributed by atoms with E-state index in [4.69, 9.17) is 20.4 Å². The normalized spacial score (nSPS) is 18.3. The number of nitrogens with zero attached hydrogens (tertiary/aromatic N) is 8. The van der Waals surface area contributed by atoms with Gasteiger partial charge in [0.1, 0.15) is 28.9 Å². The number of likely N-dealkylation sites (tertiary alicyclic amines) is 1. The maximum atomic E-state index is 14.4. The van der Waals surface area contributed by atoms with Gasteiger partial charge in [-0.2, -0.15) is 5.10 Å². The summed E-state index contributed by atoms with van der Waals surface area (Å²) in [4.78, 5) is 29.2. The lowest BCUT2D eigenvalue weighted by Crippen LogP contribution is -2.50. The van der Waals surface area contributed by atoms with Crippen LogP contribution in [-0.2, 0) is 13.1 Å². The molecule has 47 heavy (non-hydrogen) atoms. The second-order valence-corrected chi connectivity index (χ2v) is 12.5. The Morgan fingerprint density at radius 2 is 1.96 bits per heavy atom. The summed E-state index contributed by atoms with van der Waals surface area (Å²) in [7, 11) is 1.56. The maximum Gasteiger partial charge on any atom is 0.254 e. The molecule has 11 nitrogen and oxygen atoms in total. The molecule has 2 aliphatic rings. The van der Waals surface area contributed by atoms with Gasteiger partial charge in [-0.1, -0.05) is 0 Å². The van der Waals surface area contributed by atoms with E-state index in [0.717, 1.165) is 47.9 Å². The Hall–Kier alpha value is -5.17. The van der Waals surface area contributed by atoms with Gasteiger partial charge in [0.2, 0.25) is 0 Å². The third kappa shape index (κ3) is 5.50. The minimum atomic E-state index is -1.17. The maximum absolute atomic E-state index is 14.4. The van der Waals surface area contributed by atoms with E-state index in [1.165, 1.54) is 11.0 Å². The van der Waals surface area contributed by atoms with Crippen molar-refractivity contribution in [3.63, 3.8) is 0 Å². The largest absolute Gasteiger partial charge is 0.494 e. The van der Waals surface area contributed by atoms with Gasteiger partial charge in [-0.3, -0.25) is 4.79 Å². The van der Waals surface area contributed by atoms with Crippen molar-refractivity contribution in [2.24, 2.45) is 11.7 Å². The zero-order chi connectivity index (χ0) is 32.2. The molecule has 1 aliphatic heterocycles. The third-order valence-electron chi connectivity index (χ3n) is 8.94. The number of imidazole rings is 1. The molecule has 0 bridgehead atoms. The fraction of sp³-hybridized carbons (Fsp3) is 0.324. The molecular formula is C34H33F2N9O2. The van der Waals surface area contributed by atoms with E-state index in [1.54, 1.807) is 42.4 Å². The van der Waals surface area contributed by atoms with Gasteiger partial charge >= 0.3 is 0 Å². The molecule has 0 spiro atoms. The summed E-state index contributed by atoms with van der Waals surface area (Å²) >= 11 is 0. The summed E-state index contributed by atoms with van der Waals surface area (Å²) < 4.78 is 39.7. The van der Waals surface area contributed by atoms with E-state index < -0.39 is 18.0 Å². The lowest BCUT2D eigenvalue weighted by atomic mass is 10.0. The number of fused-ring (bicyclic) bond motifs is 2. The van der Waals surface area contributed by atoms with Crippen molar-refractivity contribution in [2.45, 2.75) is 44.6 Å². The predicted molar refractivity (Wildman–Crippen MR) is 172 cm³/mol. The molecule has 13 heteroatoms. The molecule has 2 N–H and O–H groups in total. The molecule has 8 rings (SSSR count). The van der Waals surface area contributed by atoms with Crippen LogP contribution in [0.25, 0.3) is 39.4 Å². The van der Waals surface area contributed by atoms with Gasteiger partial charge in [0.05, 0.1) is 43.8 Å². The molecule has 240 valence electrons. The molecule has 1 amide bonds. The van der Waals surface area contributed by atoms with Crippen LogP contribution in [0.4, 0.5) is 8.78 Å². The number of halogens is 2. The van der Waals surface area contributed by atoms with Crippen LogP contribution >= 0.6 is 0 Å². The van der Waals surface area contributed by atoms with Crippen LogP contribution in [0.5, 0.6) is 5.75 Å². The number of aromatic nitrogens is 7. The first-order valence-electron chi connectivity index (χ1n) is 15.7. The van der Waals surface area contributed by atoms with Crippen molar-refractivity contribution in [3.05, 3.63) is 84.2 Å². The topological polar surface area (TPSA) is 122 Å². The highest BCUT2D eigenvalue weighted by molar-refractivity contribution is 6.00. The molecule has 2 atom stereocenters. The zero-order valence-corrected chi connectivity index (χ0v) is 25.8. The van der Waals surface area contributed by atoms with Gasteiger partial charge in [0.25, 0.3) is 5.91 Å². The number of rotatable bonds is 8. The number of carbonyl (C=O) groups is 1. The summed E-state index contributed by atoms with van der Waals surface area (Å²) in [6.07, 6.45) is 7.92. The summed E-state index contributed by atoms with van der Waals surface area (Å²) in [6.45, 7) is 1.45. The van der Waals surface area contributed by atoms with Gasteiger partial charge < -0.3 is 24.5 Å². The average molecular weight is 638 g/mol. The Morgan fingerprint density at radius 3 is 2.72 bits per heavy atom. The molecular weight excluding hydrogens is 604 g/mol. The Balaban J connectivity index is 1.28. The molecule has 2 fully saturated rings. The summed E-state index contributed by atoms with van der Waals surface area (Å²) in [5, 5.41) is 5.49. The Bertz CT molecular complexity index is 2110. The fourth-order valence-electron chi connectivity index (χ4n) is 6.55. The zero-order valence-electron chi connectivity index (χ0n) is 25.8. The number of pyridine rings is 2. The Kier molecular flexibility index (Phi) is 7.20. The number of hydrogen-bond donors (Lipinski definition) is 1. The summed E-state index contributed by atoms with van der Waals surface area (Å²) in [5.41, 5.74) is 10.3. The van der Waals surface area contributed by atoms with Crippen molar-refractivity contribution in [1.82, 2.24) is 38.8 Å². The number of benzene rings is 1. The van der Waals surface area contributed by atoms with E-state index >= 15 is 0 Å². The summed E-state index contributed by atoms with van der Waals surface area (Å²) in [6, 6.07) is 12.0. The molecule has 1 aromatic carbocycles. The highest BCUT2D eigenvalue weighted by atomic mass is 19.1. The van der Waals surface area contributed by atoms with Gasteiger partial charge in [-0.15, -0.1) is 0 Å². The average Bonchev–Trinajstić information content (AvgIpc) is 3.47. The van der Waals surface area contributed by atoms with E-state index in [1.807, 2.05) is 18.3 Å². The highest BCUT2D eigenvalue weighted by Gasteiger charge is 2.31. The molecule has 0 radical (unpaired) electrons. The number of amides is 1. The minimum Gasteiger partial charge on any atom is -0.494 e. The van der Waals surface area contributed by atoms with Crippen LogP contribution in [0, 0.1) is 11.7 Å². The Labute approximate surface area is 268 Å². The first kappa shape index (κ1) is 29.2. The first-order valence-corrected chi connectivity index (χ1v) is 15.7. The van der Waals surface area contributed by atoms with Crippen LogP contribution in [0.1, 0.15) is 35.2 Å². The van der Waals surface area contributed by atoms with Gasteiger partial charge in [0.15, 0.2) is 11.6 Å². The molecule has 1 saturated carbocycles. The van der Waals surface area contributed by atoms with E-state index in [-0.39, 0.29) is 25.4 Å². The van der Waals surface area contributed by atoms with Crippen LogP contribution in [-0.4, -0.2) is 77.1 Å². The minimum absolute atomic E-state index is 0.00620. The van der Waals surface area contributed by atoms with Crippen molar-refractivity contribution in [3.8, 4) is 23.1 Å². The number of piperidine rings is 1. The van der Waals surface area contributed by atoms with Crippen LogP contribution in [0.15, 0.2) is 67.3 Å². The number of carbonyl (C=O) groups excluding carboxylic acids is 1. The molecule has 6 aromatic rings. The molecule has 5 aromatic heterocycles. The Morgan fingerprint density at radius 1 is 1.09 bits per heavy atom. The number of alkyl halides is 1. The first-order chi connectivity index (χ1) is 22.8. The smallest absolute Gasteiger partial charge is 0.254 e. The molecule has 1 saturated heterocycles. The van der Waals surface area contributed by atoms with Crippen LogP contribution in [0.2, 0.25) is 0 Å². The number of ether oxygens (including phenoxy) is 1. The van der Waals surface area contributed by atoms with E-state index in [0.29, 0.717) is 46.5 Å². The second-order valence-electron chi connectivity index (χ2n) is 12.5.